The number of hydrogen-bond acceptors (Lipinski definition) is 3. The van der Waals surface area contributed by atoms with E-state index in [1.807, 2.05) is 0 Å². The monoisotopic (exact) mass is 390 g/mol. The highest BCUT2D eigenvalue weighted by Crippen LogP contribution is 2.67. The zero-order valence-corrected chi connectivity index (χ0v) is 17.8. The van der Waals surface area contributed by atoms with Crippen molar-refractivity contribution in [1.82, 2.24) is 0 Å². The fourth-order valence-electron chi connectivity index (χ4n) is 8.44. The van der Waals surface area contributed by atoms with Gasteiger partial charge in [0.1, 0.15) is 5.78 Å². The maximum Gasteiger partial charge on any atom is 0.303 e. The van der Waals surface area contributed by atoms with Crippen LogP contribution in [0.2, 0.25) is 0 Å². The van der Waals surface area contributed by atoms with E-state index >= 15 is 0 Å². The quantitative estimate of drug-likeness (QED) is 0.730. The molecule has 9 atom stereocenters. The van der Waals surface area contributed by atoms with Gasteiger partial charge in [0.15, 0.2) is 0 Å². The summed E-state index contributed by atoms with van der Waals surface area (Å²) in [6.07, 6.45) is 8.96. The Hall–Kier alpha value is -0.900. The van der Waals surface area contributed by atoms with Crippen molar-refractivity contribution in [3.05, 3.63) is 0 Å². The predicted molar refractivity (Wildman–Crippen MR) is 108 cm³/mol. The van der Waals surface area contributed by atoms with Gasteiger partial charge in [-0.05, 0) is 92.3 Å². The van der Waals surface area contributed by atoms with Crippen LogP contribution in [-0.2, 0) is 9.59 Å². The molecule has 2 N–H and O–H groups in total. The fourth-order valence-corrected chi connectivity index (χ4v) is 8.44. The van der Waals surface area contributed by atoms with Crippen LogP contribution in [0.3, 0.4) is 0 Å². The molecule has 0 aromatic carbocycles. The Kier molecular flexibility index (Phi) is 5.17. The third-order valence-corrected chi connectivity index (χ3v) is 10.1. The van der Waals surface area contributed by atoms with Gasteiger partial charge in [0.25, 0.3) is 0 Å². The second kappa shape index (κ2) is 7.11. The Morgan fingerprint density at radius 2 is 1.89 bits per heavy atom. The lowest BCUT2D eigenvalue weighted by Crippen LogP contribution is -2.57. The van der Waals surface area contributed by atoms with Crippen molar-refractivity contribution in [2.75, 3.05) is 0 Å². The number of carboxylic acids is 1. The summed E-state index contributed by atoms with van der Waals surface area (Å²) in [6.45, 7) is 6.81. The van der Waals surface area contributed by atoms with Crippen molar-refractivity contribution in [2.45, 2.75) is 91.1 Å². The van der Waals surface area contributed by atoms with Gasteiger partial charge >= 0.3 is 5.97 Å². The third-order valence-electron chi connectivity index (χ3n) is 10.1. The zero-order valence-electron chi connectivity index (χ0n) is 17.8. The number of aliphatic hydroxyl groups is 1. The summed E-state index contributed by atoms with van der Waals surface area (Å²) in [6, 6.07) is 0. The van der Waals surface area contributed by atoms with Crippen LogP contribution in [0.4, 0.5) is 0 Å². The molecule has 0 radical (unpaired) electrons. The van der Waals surface area contributed by atoms with E-state index in [0.29, 0.717) is 54.1 Å². The van der Waals surface area contributed by atoms with Crippen LogP contribution in [0.25, 0.3) is 0 Å². The highest BCUT2D eigenvalue weighted by Gasteiger charge is 2.63. The molecule has 0 spiro atoms. The molecule has 0 saturated heterocycles. The van der Waals surface area contributed by atoms with Crippen LogP contribution in [0.5, 0.6) is 0 Å². The molecule has 0 aromatic heterocycles. The van der Waals surface area contributed by atoms with Crippen LogP contribution >= 0.6 is 0 Å². The van der Waals surface area contributed by atoms with E-state index in [1.165, 1.54) is 12.8 Å². The summed E-state index contributed by atoms with van der Waals surface area (Å²) in [4.78, 5) is 24.7. The van der Waals surface area contributed by atoms with E-state index in [0.717, 1.165) is 32.1 Å². The third kappa shape index (κ3) is 2.97. The zero-order chi connectivity index (χ0) is 20.3. The standard InChI is InChI=1S/C24H38O4/c1-14(4-9-22(27)28)18-7-8-19-17-6-5-15-12-16(25)10-11-23(15,2)20(17)13-21(26)24(18,19)3/h14-20,25H,4-13H2,1-3H3,(H,27,28)/t14?,15?,16-,17?,18?,19?,20?,23?,24?/m1/s1. The van der Waals surface area contributed by atoms with E-state index in [9.17, 15) is 14.7 Å². The summed E-state index contributed by atoms with van der Waals surface area (Å²) in [7, 11) is 0. The summed E-state index contributed by atoms with van der Waals surface area (Å²) < 4.78 is 0. The van der Waals surface area contributed by atoms with Crippen molar-refractivity contribution < 1.29 is 19.8 Å². The van der Waals surface area contributed by atoms with Gasteiger partial charge in [0, 0.05) is 18.3 Å². The first-order valence-corrected chi connectivity index (χ1v) is 11.6. The summed E-state index contributed by atoms with van der Waals surface area (Å²) >= 11 is 0. The SMILES string of the molecule is CC(CCC(=O)O)C1CCC2C3CCC4C[C@H](O)CCC4(C)C3CC(=O)C12C. The maximum atomic E-state index is 13.6. The molecule has 4 nitrogen and oxygen atoms in total. The number of aliphatic hydroxyl groups excluding tert-OH is 1. The minimum atomic E-state index is -0.729. The van der Waals surface area contributed by atoms with Crippen LogP contribution in [0.1, 0.15) is 85.0 Å². The van der Waals surface area contributed by atoms with Gasteiger partial charge < -0.3 is 10.2 Å². The van der Waals surface area contributed by atoms with Crippen molar-refractivity contribution >= 4 is 11.8 Å². The minimum Gasteiger partial charge on any atom is -0.481 e. The summed E-state index contributed by atoms with van der Waals surface area (Å²) in [5, 5.41) is 19.3. The topological polar surface area (TPSA) is 74.6 Å². The Labute approximate surface area is 169 Å². The molecule has 4 fully saturated rings. The smallest absolute Gasteiger partial charge is 0.303 e. The van der Waals surface area contributed by atoms with Crippen LogP contribution < -0.4 is 0 Å². The Morgan fingerprint density at radius 3 is 2.61 bits per heavy atom. The molecule has 4 aliphatic rings. The Bertz CT molecular complexity index is 645. The molecule has 0 bridgehead atoms. The molecule has 4 aliphatic carbocycles. The van der Waals surface area contributed by atoms with Crippen LogP contribution in [0.15, 0.2) is 0 Å². The molecule has 0 heterocycles. The van der Waals surface area contributed by atoms with Gasteiger partial charge in [-0.3, -0.25) is 9.59 Å². The largest absolute Gasteiger partial charge is 0.481 e. The van der Waals surface area contributed by atoms with Crippen molar-refractivity contribution in [3.63, 3.8) is 0 Å². The summed E-state index contributed by atoms with van der Waals surface area (Å²) in [5.41, 5.74) is -0.0391. The number of hydrogen-bond donors (Lipinski definition) is 2. The number of fused-ring (bicyclic) bond motifs is 5. The first kappa shape index (κ1) is 20.4. The molecule has 4 saturated carbocycles. The molecule has 4 heteroatoms. The van der Waals surface area contributed by atoms with Crippen LogP contribution in [-0.4, -0.2) is 28.1 Å². The number of ketones is 1. The Balaban J connectivity index is 1.57. The number of rotatable bonds is 4. The van der Waals surface area contributed by atoms with Gasteiger partial charge in [0.2, 0.25) is 0 Å². The highest BCUT2D eigenvalue weighted by atomic mass is 16.4. The molecule has 0 aliphatic heterocycles. The first-order valence-electron chi connectivity index (χ1n) is 11.6. The van der Waals surface area contributed by atoms with Gasteiger partial charge in [-0.2, -0.15) is 0 Å². The van der Waals surface area contributed by atoms with Gasteiger partial charge in [-0.15, -0.1) is 0 Å². The van der Waals surface area contributed by atoms with Gasteiger partial charge in [-0.25, -0.2) is 0 Å². The maximum absolute atomic E-state index is 13.6. The molecular formula is C24H38O4. The van der Waals surface area contributed by atoms with E-state index < -0.39 is 5.97 Å². The number of carbonyl (C=O) groups excluding carboxylic acids is 1. The highest BCUT2D eigenvalue weighted by molar-refractivity contribution is 5.87. The normalized spacial score (nSPS) is 49.1. The molecule has 28 heavy (non-hydrogen) atoms. The summed E-state index contributed by atoms with van der Waals surface area (Å²) in [5.74, 6) is 2.52. The van der Waals surface area contributed by atoms with E-state index in [4.69, 9.17) is 5.11 Å². The lowest BCUT2D eigenvalue weighted by molar-refractivity contribution is -0.160. The second-order valence-electron chi connectivity index (χ2n) is 11.1. The van der Waals surface area contributed by atoms with Crippen LogP contribution in [0, 0.1) is 46.3 Å². The lowest BCUT2D eigenvalue weighted by Gasteiger charge is -2.60. The average Bonchev–Trinajstić information content (AvgIpc) is 3.00. The second-order valence-corrected chi connectivity index (χ2v) is 11.1. The molecule has 4 rings (SSSR count). The van der Waals surface area contributed by atoms with Crippen molar-refractivity contribution in [2.24, 2.45) is 46.3 Å². The molecular weight excluding hydrogens is 352 g/mol. The number of carbonyl (C=O) groups is 2. The van der Waals surface area contributed by atoms with Gasteiger partial charge in [0.05, 0.1) is 6.10 Å². The van der Waals surface area contributed by atoms with Gasteiger partial charge in [-0.1, -0.05) is 20.8 Å². The van der Waals surface area contributed by atoms with E-state index in [1.54, 1.807) is 0 Å². The number of carboxylic acid groups (broad SMARTS) is 1. The molecule has 8 unspecified atom stereocenters. The predicted octanol–water partition coefficient (Wildman–Crippen LogP) is 4.69. The lowest BCUT2D eigenvalue weighted by atomic mass is 9.44. The van der Waals surface area contributed by atoms with Crippen molar-refractivity contribution in [1.29, 1.82) is 0 Å². The number of aliphatic carboxylic acids is 1. The van der Waals surface area contributed by atoms with E-state index in [-0.39, 0.29) is 23.4 Å². The average molecular weight is 391 g/mol. The first-order chi connectivity index (χ1) is 13.2. The van der Waals surface area contributed by atoms with E-state index in [2.05, 4.69) is 20.8 Å². The molecule has 0 aromatic rings. The minimum absolute atomic E-state index is 0.148. The fraction of sp³-hybridized carbons (Fsp3) is 0.917. The Morgan fingerprint density at radius 1 is 1.14 bits per heavy atom. The van der Waals surface area contributed by atoms with Crippen molar-refractivity contribution in [3.8, 4) is 0 Å². The number of Topliss-reactive ketones (excluding diaryl/α,β-unsaturated/α-hetero) is 1. The molecule has 0 amide bonds. The molecule has 158 valence electrons.